The summed E-state index contributed by atoms with van der Waals surface area (Å²) >= 11 is 3.31. The van der Waals surface area contributed by atoms with Gasteiger partial charge in [0.2, 0.25) is 10.0 Å². The molecule has 1 aromatic carbocycles. The topological polar surface area (TPSA) is 46.2 Å². The van der Waals surface area contributed by atoms with Crippen LogP contribution >= 0.6 is 15.9 Å². The lowest BCUT2D eigenvalue weighted by molar-refractivity contribution is 0.585. The molecule has 1 saturated carbocycles. The van der Waals surface area contributed by atoms with E-state index < -0.39 is 10.0 Å². The molecule has 0 aromatic heterocycles. The highest BCUT2D eigenvalue weighted by Gasteiger charge is 2.28. The second-order valence-corrected chi connectivity index (χ2v) is 6.94. The van der Waals surface area contributed by atoms with Crippen LogP contribution in [0.1, 0.15) is 25.7 Å². The zero-order valence-electron chi connectivity index (χ0n) is 8.82. The Labute approximate surface area is 104 Å². The van der Waals surface area contributed by atoms with Gasteiger partial charge in [-0.2, -0.15) is 0 Å². The van der Waals surface area contributed by atoms with E-state index in [4.69, 9.17) is 0 Å². The fraction of sp³-hybridized carbons (Fsp3) is 0.455. The van der Waals surface area contributed by atoms with Crippen molar-refractivity contribution in [3.63, 3.8) is 0 Å². The van der Waals surface area contributed by atoms with Crippen molar-refractivity contribution < 1.29 is 8.42 Å². The van der Waals surface area contributed by atoms with Gasteiger partial charge in [0.25, 0.3) is 0 Å². The molecular formula is C11H14BrNO2S. The highest BCUT2D eigenvalue weighted by molar-refractivity contribution is 9.10. The summed E-state index contributed by atoms with van der Waals surface area (Å²) in [5.74, 6) is 0. The summed E-state index contributed by atoms with van der Waals surface area (Å²) in [7, 11) is -3.19. The lowest BCUT2D eigenvalue weighted by Crippen LogP contribution is -2.25. The van der Waals surface area contributed by atoms with E-state index in [0.717, 1.165) is 30.2 Å². The Bertz CT molecular complexity index is 449. The van der Waals surface area contributed by atoms with Gasteiger partial charge in [-0.3, -0.25) is 4.72 Å². The van der Waals surface area contributed by atoms with Crippen molar-refractivity contribution in [2.75, 3.05) is 4.72 Å². The Morgan fingerprint density at radius 3 is 2.25 bits per heavy atom. The molecule has 1 aromatic rings. The largest absolute Gasteiger partial charge is 0.283 e. The fourth-order valence-corrected chi connectivity index (χ4v) is 3.81. The SMILES string of the molecule is O=S(=O)(Nc1ccc(Br)cc1)C1CCCC1. The van der Waals surface area contributed by atoms with Gasteiger partial charge in [-0.05, 0) is 37.1 Å². The molecule has 0 spiro atoms. The third-order valence-corrected chi connectivity index (χ3v) is 5.24. The molecule has 0 atom stereocenters. The molecule has 1 fully saturated rings. The number of sulfonamides is 1. The van der Waals surface area contributed by atoms with E-state index in [1.165, 1.54) is 0 Å². The summed E-state index contributed by atoms with van der Waals surface area (Å²) in [4.78, 5) is 0. The van der Waals surface area contributed by atoms with Crippen LogP contribution in [0.15, 0.2) is 28.7 Å². The van der Waals surface area contributed by atoms with Crippen LogP contribution in [-0.2, 0) is 10.0 Å². The number of nitrogens with one attached hydrogen (secondary N) is 1. The highest BCUT2D eigenvalue weighted by atomic mass is 79.9. The zero-order valence-corrected chi connectivity index (χ0v) is 11.2. The third kappa shape index (κ3) is 2.77. The summed E-state index contributed by atoms with van der Waals surface area (Å²) in [5.41, 5.74) is 0.634. The van der Waals surface area contributed by atoms with Crippen molar-refractivity contribution in [2.45, 2.75) is 30.9 Å². The maximum Gasteiger partial charge on any atom is 0.235 e. The van der Waals surface area contributed by atoms with Crippen LogP contribution in [0.4, 0.5) is 5.69 Å². The first-order chi connectivity index (χ1) is 7.58. The maximum atomic E-state index is 12.0. The molecule has 0 unspecified atom stereocenters. The van der Waals surface area contributed by atoms with E-state index in [1.54, 1.807) is 12.1 Å². The zero-order chi connectivity index (χ0) is 11.6. The van der Waals surface area contributed by atoms with Crippen LogP contribution in [-0.4, -0.2) is 13.7 Å². The first-order valence-electron chi connectivity index (χ1n) is 5.35. The first kappa shape index (κ1) is 11.9. The first-order valence-corrected chi connectivity index (χ1v) is 7.69. The molecule has 0 saturated heterocycles. The molecule has 0 heterocycles. The van der Waals surface area contributed by atoms with Crippen LogP contribution in [0.2, 0.25) is 0 Å². The molecule has 88 valence electrons. The molecule has 5 heteroatoms. The number of benzene rings is 1. The minimum Gasteiger partial charge on any atom is -0.283 e. The molecule has 3 nitrogen and oxygen atoms in total. The second kappa shape index (κ2) is 4.75. The van der Waals surface area contributed by atoms with E-state index >= 15 is 0 Å². The Balaban J connectivity index is 2.11. The average molecular weight is 304 g/mol. The van der Waals surface area contributed by atoms with E-state index in [0.29, 0.717) is 5.69 Å². The predicted octanol–water partition coefficient (Wildman–Crippen LogP) is 3.13. The summed E-state index contributed by atoms with van der Waals surface area (Å²) in [6.45, 7) is 0. The average Bonchev–Trinajstić information content (AvgIpc) is 2.75. The standard InChI is InChI=1S/C11H14BrNO2S/c12-9-5-7-10(8-6-9)13-16(14,15)11-3-1-2-4-11/h5-8,11,13H,1-4H2. The molecule has 0 radical (unpaired) electrons. The number of hydrogen-bond acceptors (Lipinski definition) is 2. The maximum absolute atomic E-state index is 12.0. The van der Waals surface area contributed by atoms with Crippen LogP contribution in [0.25, 0.3) is 0 Å². The third-order valence-electron chi connectivity index (χ3n) is 2.85. The molecule has 1 aliphatic rings. The smallest absolute Gasteiger partial charge is 0.235 e. The molecule has 2 rings (SSSR count). The normalized spacial score (nSPS) is 17.6. The Hall–Kier alpha value is -0.550. The molecule has 1 aliphatic carbocycles. The van der Waals surface area contributed by atoms with E-state index in [9.17, 15) is 8.42 Å². The lowest BCUT2D eigenvalue weighted by Gasteiger charge is -2.13. The summed E-state index contributed by atoms with van der Waals surface area (Å²) in [6.07, 6.45) is 3.61. The van der Waals surface area contributed by atoms with E-state index in [1.807, 2.05) is 12.1 Å². The molecule has 0 amide bonds. The van der Waals surface area contributed by atoms with Gasteiger partial charge in [0.05, 0.1) is 5.25 Å². The van der Waals surface area contributed by atoms with Crippen LogP contribution in [0.5, 0.6) is 0 Å². The Kier molecular flexibility index (Phi) is 3.54. The molecule has 0 bridgehead atoms. The minimum absolute atomic E-state index is 0.212. The monoisotopic (exact) mass is 303 g/mol. The predicted molar refractivity (Wildman–Crippen MR) is 68.9 cm³/mol. The van der Waals surface area contributed by atoms with Gasteiger partial charge in [0.15, 0.2) is 0 Å². The van der Waals surface area contributed by atoms with Crippen LogP contribution < -0.4 is 4.72 Å². The Morgan fingerprint density at radius 1 is 1.12 bits per heavy atom. The quantitative estimate of drug-likeness (QED) is 0.932. The molecule has 16 heavy (non-hydrogen) atoms. The van der Waals surface area contributed by atoms with Crippen molar-refractivity contribution in [1.82, 2.24) is 0 Å². The molecule has 1 N–H and O–H groups in total. The van der Waals surface area contributed by atoms with Crippen molar-refractivity contribution >= 4 is 31.6 Å². The van der Waals surface area contributed by atoms with E-state index in [-0.39, 0.29) is 5.25 Å². The summed E-state index contributed by atoms with van der Waals surface area (Å²) in [6, 6.07) is 7.17. The Morgan fingerprint density at radius 2 is 1.69 bits per heavy atom. The summed E-state index contributed by atoms with van der Waals surface area (Å²) < 4.78 is 27.5. The molecule has 0 aliphatic heterocycles. The van der Waals surface area contributed by atoms with Gasteiger partial charge < -0.3 is 0 Å². The van der Waals surface area contributed by atoms with Gasteiger partial charge >= 0.3 is 0 Å². The number of hydrogen-bond donors (Lipinski definition) is 1. The highest BCUT2D eigenvalue weighted by Crippen LogP contribution is 2.26. The van der Waals surface area contributed by atoms with Crippen LogP contribution in [0.3, 0.4) is 0 Å². The van der Waals surface area contributed by atoms with Crippen molar-refractivity contribution in [1.29, 1.82) is 0 Å². The van der Waals surface area contributed by atoms with E-state index in [2.05, 4.69) is 20.7 Å². The second-order valence-electron chi connectivity index (χ2n) is 4.06. The van der Waals surface area contributed by atoms with Gasteiger partial charge in [-0.15, -0.1) is 0 Å². The van der Waals surface area contributed by atoms with Crippen molar-refractivity contribution in [3.05, 3.63) is 28.7 Å². The van der Waals surface area contributed by atoms with Crippen LogP contribution in [0, 0.1) is 0 Å². The number of halogens is 1. The van der Waals surface area contributed by atoms with Gasteiger partial charge in [-0.25, -0.2) is 8.42 Å². The summed E-state index contributed by atoms with van der Waals surface area (Å²) in [5, 5.41) is -0.212. The lowest BCUT2D eigenvalue weighted by atomic mass is 10.3. The molecular weight excluding hydrogens is 290 g/mol. The van der Waals surface area contributed by atoms with Gasteiger partial charge in [-0.1, -0.05) is 28.8 Å². The van der Waals surface area contributed by atoms with Crippen molar-refractivity contribution in [3.8, 4) is 0 Å². The van der Waals surface area contributed by atoms with Gasteiger partial charge in [0, 0.05) is 10.2 Å². The fourth-order valence-electron chi connectivity index (χ4n) is 1.96. The minimum atomic E-state index is -3.19. The number of rotatable bonds is 3. The van der Waals surface area contributed by atoms with Crippen molar-refractivity contribution in [2.24, 2.45) is 0 Å². The number of anilines is 1. The van der Waals surface area contributed by atoms with Gasteiger partial charge in [0.1, 0.15) is 0 Å².